The van der Waals surface area contributed by atoms with Crippen molar-refractivity contribution in [2.75, 3.05) is 7.11 Å². The number of rotatable bonds is 5. The summed E-state index contributed by atoms with van der Waals surface area (Å²) >= 11 is 0. The van der Waals surface area contributed by atoms with E-state index in [1.54, 1.807) is 0 Å². The van der Waals surface area contributed by atoms with Crippen molar-refractivity contribution in [1.82, 2.24) is 19.9 Å². The Morgan fingerprint density at radius 2 is 2.08 bits per heavy atom. The van der Waals surface area contributed by atoms with Crippen LogP contribution in [-0.4, -0.2) is 27.0 Å². The number of nitrogens with zero attached hydrogens (tertiary/aromatic N) is 4. The molecule has 0 aliphatic rings. The monoisotopic (exact) mass is 338 g/mol. The van der Waals surface area contributed by atoms with E-state index >= 15 is 0 Å². The summed E-state index contributed by atoms with van der Waals surface area (Å²) in [7, 11) is 2.86. The van der Waals surface area contributed by atoms with Crippen LogP contribution in [0.2, 0.25) is 0 Å². The molecule has 0 aliphatic heterocycles. The van der Waals surface area contributed by atoms with Crippen molar-refractivity contribution >= 4 is 0 Å². The van der Waals surface area contributed by atoms with Crippen LogP contribution < -0.4 is 0 Å². The maximum absolute atomic E-state index is 13.6. The van der Waals surface area contributed by atoms with Gasteiger partial charge in [0.05, 0.1) is 6.61 Å². The molecule has 3 aromatic rings. The lowest BCUT2D eigenvalue weighted by Gasteiger charge is -2.03. The van der Waals surface area contributed by atoms with Crippen molar-refractivity contribution in [2.24, 2.45) is 7.05 Å². The van der Waals surface area contributed by atoms with Crippen LogP contribution in [0.5, 0.6) is 0 Å². The van der Waals surface area contributed by atoms with E-state index in [4.69, 9.17) is 9.26 Å². The van der Waals surface area contributed by atoms with Gasteiger partial charge < -0.3 is 9.26 Å². The lowest BCUT2D eigenvalue weighted by Crippen LogP contribution is -1.97. The molecule has 126 valence electrons. The summed E-state index contributed by atoms with van der Waals surface area (Å²) in [6.45, 7) is 0.0996. The van der Waals surface area contributed by atoms with Crippen LogP contribution in [0.4, 0.5) is 13.2 Å². The number of benzene rings is 1. The maximum atomic E-state index is 13.6. The van der Waals surface area contributed by atoms with Gasteiger partial charge in [0, 0.05) is 25.3 Å². The Morgan fingerprint density at radius 1 is 1.29 bits per heavy atom. The molecule has 6 nitrogen and oxygen atoms in total. The lowest BCUT2D eigenvalue weighted by atomic mass is 10.1. The lowest BCUT2D eigenvalue weighted by molar-refractivity contribution is 0.141. The summed E-state index contributed by atoms with van der Waals surface area (Å²) in [5, 5.41) is 7.72. The zero-order chi connectivity index (χ0) is 17.3. The number of alkyl halides is 2. The van der Waals surface area contributed by atoms with E-state index in [1.807, 2.05) is 0 Å². The molecule has 0 fully saturated rings. The zero-order valence-corrected chi connectivity index (χ0v) is 12.8. The van der Waals surface area contributed by atoms with Crippen molar-refractivity contribution < 1.29 is 22.4 Å². The fourth-order valence-electron chi connectivity index (χ4n) is 2.22. The molecular formula is C15H13F3N4O2. The zero-order valence-electron chi connectivity index (χ0n) is 12.8. The summed E-state index contributed by atoms with van der Waals surface area (Å²) in [4.78, 5) is 4.13. The molecule has 0 radical (unpaired) electrons. The molecule has 0 amide bonds. The third-order valence-electron chi connectivity index (χ3n) is 3.39. The van der Waals surface area contributed by atoms with Gasteiger partial charge in [-0.25, -0.2) is 13.2 Å². The van der Waals surface area contributed by atoms with Crippen LogP contribution in [-0.2, 0) is 18.4 Å². The Hall–Kier alpha value is -2.68. The third-order valence-corrected chi connectivity index (χ3v) is 3.39. The van der Waals surface area contributed by atoms with Crippen molar-refractivity contribution in [3.05, 3.63) is 41.3 Å². The second-order valence-corrected chi connectivity index (χ2v) is 5.04. The first-order valence-corrected chi connectivity index (χ1v) is 6.93. The van der Waals surface area contributed by atoms with Gasteiger partial charge in [0.2, 0.25) is 5.82 Å². The standard InChI is InChI=1S/C15H13F3N4O2/c1-22-12(13(17)18)6-11(20-22)15-19-14(21-24-15)8-3-4-10(16)9(5-8)7-23-2/h3-6,13H,7H2,1-2H3. The van der Waals surface area contributed by atoms with Gasteiger partial charge in [-0.15, -0.1) is 0 Å². The molecule has 0 bridgehead atoms. The highest BCUT2D eigenvalue weighted by Crippen LogP contribution is 2.26. The highest BCUT2D eigenvalue weighted by atomic mass is 19.3. The molecule has 0 saturated carbocycles. The van der Waals surface area contributed by atoms with Gasteiger partial charge >= 0.3 is 0 Å². The minimum absolute atomic E-state index is 0.00474. The third kappa shape index (κ3) is 3.02. The first kappa shape index (κ1) is 16.2. The Morgan fingerprint density at radius 3 is 2.75 bits per heavy atom. The molecule has 0 saturated heterocycles. The SMILES string of the molecule is COCc1cc(-c2noc(-c3cc(C(F)F)n(C)n3)n2)ccc1F. The molecule has 2 aromatic heterocycles. The Balaban J connectivity index is 1.93. The van der Waals surface area contributed by atoms with E-state index in [-0.39, 0.29) is 29.7 Å². The number of hydrogen-bond donors (Lipinski definition) is 0. The number of halogens is 3. The molecule has 24 heavy (non-hydrogen) atoms. The first-order chi connectivity index (χ1) is 11.5. The average Bonchev–Trinajstić information content (AvgIpc) is 3.16. The smallest absolute Gasteiger partial charge is 0.280 e. The van der Waals surface area contributed by atoms with Gasteiger partial charge in [-0.1, -0.05) is 5.16 Å². The summed E-state index contributed by atoms with van der Waals surface area (Å²) in [5.74, 6) is -0.202. The van der Waals surface area contributed by atoms with E-state index in [9.17, 15) is 13.2 Å². The van der Waals surface area contributed by atoms with Gasteiger partial charge in [0.1, 0.15) is 11.5 Å². The van der Waals surface area contributed by atoms with Gasteiger partial charge in [-0.05, 0) is 24.3 Å². The summed E-state index contributed by atoms with van der Waals surface area (Å²) < 4.78 is 50.3. The number of hydrogen-bond acceptors (Lipinski definition) is 5. The molecule has 0 unspecified atom stereocenters. The topological polar surface area (TPSA) is 66.0 Å². The molecule has 3 rings (SSSR count). The van der Waals surface area contributed by atoms with Gasteiger partial charge in [-0.2, -0.15) is 10.1 Å². The van der Waals surface area contributed by atoms with Crippen LogP contribution in [0.25, 0.3) is 23.0 Å². The van der Waals surface area contributed by atoms with Crippen LogP contribution in [0.1, 0.15) is 17.7 Å². The Bertz CT molecular complexity index is 860. The molecule has 9 heteroatoms. The van der Waals surface area contributed by atoms with Gasteiger partial charge in [0.15, 0.2) is 5.69 Å². The van der Waals surface area contributed by atoms with Crippen molar-refractivity contribution in [3.8, 4) is 23.0 Å². The average molecular weight is 338 g/mol. The largest absolute Gasteiger partial charge is 0.380 e. The number of aromatic nitrogens is 4. The van der Waals surface area contributed by atoms with Crippen LogP contribution in [0.15, 0.2) is 28.8 Å². The number of methoxy groups -OCH3 is 1. The normalized spacial score (nSPS) is 11.4. The molecule has 1 aromatic carbocycles. The highest BCUT2D eigenvalue weighted by Gasteiger charge is 2.19. The van der Waals surface area contributed by atoms with E-state index in [2.05, 4.69) is 15.2 Å². The van der Waals surface area contributed by atoms with Crippen molar-refractivity contribution in [3.63, 3.8) is 0 Å². The van der Waals surface area contributed by atoms with E-state index in [0.717, 1.165) is 4.68 Å². The highest BCUT2D eigenvalue weighted by molar-refractivity contribution is 5.59. The van der Waals surface area contributed by atoms with E-state index in [1.165, 1.54) is 38.4 Å². The predicted octanol–water partition coefficient (Wildman–Crippen LogP) is 3.36. The molecule has 0 aliphatic carbocycles. The fourth-order valence-corrected chi connectivity index (χ4v) is 2.22. The molecule has 0 N–H and O–H groups in total. The Labute approximate surface area is 134 Å². The van der Waals surface area contributed by atoms with Gasteiger partial charge in [-0.3, -0.25) is 4.68 Å². The molecule has 0 spiro atoms. The van der Waals surface area contributed by atoms with E-state index < -0.39 is 12.2 Å². The second kappa shape index (κ2) is 6.44. The predicted molar refractivity (Wildman–Crippen MR) is 77.6 cm³/mol. The fraction of sp³-hybridized carbons (Fsp3) is 0.267. The first-order valence-electron chi connectivity index (χ1n) is 6.93. The summed E-state index contributed by atoms with van der Waals surface area (Å²) in [6, 6.07) is 5.49. The van der Waals surface area contributed by atoms with Gasteiger partial charge in [0.25, 0.3) is 12.3 Å². The Kier molecular flexibility index (Phi) is 4.34. The van der Waals surface area contributed by atoms with E-state index in [0.29, 0.717) is 11.1 Å². The van der Waals surface area contributed by atoms with Crippen LogP contribution in [0.3, 0.4) is 0 Å². The van der Waals surface area contributed by atoms with Crippen molar-refractivity contribution in [1.29, 1.82) is 0 Å². The quantitative estimate of drug-likeness (QED) is 0.714. The molecular weight excluding hydrogens is 325 g/mol. The maximum Gasteiger partial charge on any atom is 0.280 e. The van der Waals surface area contributed by atoms with Crippen molar-refractivity contribution in [2.45, 2.75) is 13.0 Å². The van der Waals surface area contributed by atoms with Crippen LogP contribution >= 0.6 is 0 Å². The summed E-state index contributed by atoms with van der Waals surface area (Å²) in [5.41, 5.74) is 0.752. The number of aryl methyl sites for hydroxylation is 1. The minimum atomic E-state index is -2.66. The minimum Gasteiger partial charge on any atom is -0.380 e. The molecule has 0 atom stereocenters. The molecule has 2 heterocycles. The summed E-state index contributed by atoms with van der Waals surface area (Å²) in [6.07, 6.45) is -2.66. The van der Waals surface area contributed by atoms with Crippen LogP contribution in [0, 0.1) is 5.82 Å². The second-order valence-electron chi connectivity index (χ2n) is 5.04. The number of ether oxygens (including phenoxy) is 1.